The Morgan fingerprint density at radius 1 is 1.50 bits per heavy atom. The Labute approximate surface area is 63.4 Å². The monoisotopic (exact) mass is 142 g/mol. The second-order valence-corrected chi connectivity index (χ2v) is 3.46. The van der Waals surface area contributed by atoms with Gasteiger partial charge < -0.3 is 10.6 Å². The Balaban J connectivity index is 2.26. The van der Waals surface area contributed by atoms with Crippen molar-refractivity contribution in [2.45, 2.75) is 45.3 Å². The fraction of sp³-hybridized carbons (Fsp3) is 1.00. The molecule has 0 aliphatic carbocycles. The van der Waals surface area contributed by atoms with Gasteiger partial charge in [-0.25, -0.2) is 0 Å². The predicted molar refractivity (Wildman–Crippen MR) is 44.1 cm³/mol. The van der Waals surface area contributed by atoms with Gasteiger partial charge in [-0.05, 0) is 19.9 Å². The molecule has 1 saturated heterocycles. The lowest BCUT2D eigenvalue weighted by atomic mass is 10.1. The average Bonchev–Trinajstić information content (AvgIpc) is 2.15. The fourth-order valence-electron chi connectivity index (χ4n) is 1.51. The molecule has 2 N–H and O–H groups in total. The number of rotatable bonds is 2. The summed E-state index contributed by atoms with van der Waals surface area (Å²) in [6.45, 7) is 7.81. The summed E-state index contributed by atoms with van der Waals surface area (Å²) in [5.41, 5.74) is 0. The molecule has 2 nitrogen and oxygen atoms in total. The minimum absolute atomic E-state index is 0.618. The van der Waals surface area contributed by atoms with E-state index in [9.17, 15) is 0 Å². The molecule has 0 aromatic carbocycles. The normalized spacial score (nSPS) is 33.6. The molecule has 60 valence electrons. The molecule has 0 amide bonds. The topological polar surface area (TPSA) is 24.1 Å². The average molecular weight is 142 g/mol. The van der Waals surface area contributed by atoms with Gasteiger partial charge >= 0.3 is 0 Å². The Hall–Kier alpha value is -0.0800. The maximum absolute atomic E-state index is 3.53. The van der Waals surface area contributed by atoms with E-state index >= 15 is 0 Å². The summed E-state index contributed by atoms with van der Waals surface area (Å²) >= 11 is 0. The van der Waals surface area contributed by atoms with Crippen molar-refractivity contribution in [3.05, 3.63) is 0 Å². The first-order valence-corrected chi connectivity index (χ1v) is 4.19. The quantitative estimate of drug-likeness (QED) is 0.594. The van der Waals surface area contributed by atoms with Gasteiger partial charge in [-0.1, -0.05) is 13.8 Å². The molecule has 0 bridgehead atoms. The molecule has 1 heterocycles. The smallest absolute Gasteiger partial charge is 0.0232 e. The number of nitrogens with one attached hydrogen (secondary N) is 2. The van der Waals surface area contributed by atoms with Crippen LogP contribution in [-0.2, 0) is 0 Å². The van der Waals surface area contributed by atoms with Crippen LogP contribution >= 0.6 is 0 Å². The van der Waals surface area contributed by atoms with Gasteiger partial charge in [-0.3, -0.25) is 0 Å². The van der Waals surface area contributed by atoms with E-state index in [4.69, 9.17) is 0 Å². The van der Waals surface area contributed by atoms with E-state index < -0.39 is 0 Å². The van der Waals surface area contributed by atoms with Crippen LogP contribution in [0.3, 0.4) is 0 Å². The first-order valence-electron chi connectivity index (χ1n) is 4.19. The van der Waals surface area contributed by atoms with E-state index in [0.29, 0.717) is 18.1 Å². The third-order valence-electron chi connectivity index (χ3n) is 2.07. The van der Waals surface area contributed by atoms with Gasteiger partial charge in [-0.2, -0.15) is 0 Å². The maximum Gasteiger partial charge on any atom is 0.0232 e. The largest absolute Gasteiger partial charge is 0.313 e. The van der Waals surface area contributed by atoms with Crippen LogP contribution in [0.15, 0.2) is 0 Å². The molecule has 0 aromatic rings. The molecule has 1 fully saturated rings. The highest BCUT2D eigenvalue weighted by molar-refractivity contribution is 4.86. The number of hydrogen-bond acceptors (Lipinski definition) is 2. The van der Waals surface area contributed by atoms with Crippen molar-refractivity contribution in [2.75, 3.05) is 6.54 Å². The van der Waals surface area contributed by atoms with Crippen molar-refractivity contribution in [1.29, 1.82) is 0 Å². The molecule has 1 aliphatic heterocycles. The molecule has 0 unspecified atom stereocenters. The molecule has 1 rings (SSSR count). The van der Waals surface area contributed by atoms with E-state index in [-0.39, 0.29) is 0 Å². The highest BCUT2D eigenvalue weighted by Crippen LogP contribution is 2.06. The Morgan fingerprint density at radius 3 is 2.60 bits per heavy atom. The van der Waals surface area contributed by atoms with Crippen LogP contribution in [0.4, 0.5) is 0 Å². The van der Waals surface area contributed by atoms with Crippen LogP contribution in [-0.4, -0.2) is 24.7 Å². The SMILES string of the molecule is CC(C)N[C@H]1CCN[C@@H]1C. The molecule has 0 saturated carbocycles. The van der Waals surface area contributed by atoms with Crippen molar-refractivity contribution in [1.82, 2.24) is 10.6 Å². The van der Waals surface area contributed by atoms with E-state index in [2.05, 4.69) is 31.4 Å². The summed E-state index contributed by atoms with van der Waals surface area (Å²) < 4.78 is 0. The zero-order valence-electron chi connectivity index (χ0n) is 7.15. The van der Waals surface area contributed by atoms with Gasteiger partial charge in [0.1, 0.15) is 0 Å². The molecule has 1 aliphatic rings. The Morgan fingerprint density at radius 2 is 2.20 bits per heavy atom. The summed E-state index contributed by atoms with van der Waals surface area (Å²) in [6, 6.07) is 1.97. The second kappa shape index (κ2) is 3.35. The van der Waals surface area contributed by atoms with Gasteiger partial charge in [0, 0.05) is 18.1 Å². The van der Waals surface area contributed by atoms with Crippen LogP contribution in [0.5, 0.6) is 0 Å². The van der Waals surface area contributed by atoms with Crippen molar-refractivity contribution in [3.8, 4) is 0 Å². The van der Waals surface area contributed by atoms with Gasteiger partial charge in [0.15, 0.2) is 0 Å². The van der Waals surface area contributed by atoms with E-state index in [1.165, 1.54) is 13.0 Å². The van der Waals surface area contributed by atoms with Crippen LogP contribution in [0.2, 0.25) is 0 Å². The minimum Gasteiger partial charge on any atom is -0.313 e. The first kappa shape index (κ1) is 8.02. The van der Waals surface area contributed by atoms with Crippen molar-refractivity contribution < 1.29 is 0 Å². The first-order chi connectivity index (χ1) is 4.70. The number of hydrogen-bond donors (Lipinski definition) is 2. The van der Waals surface area contributed by atoms with Crippen molar-refractivity contribution in [3.63, 3.8) is 0 Å². The van der Waals surface area contributed by atoms with Gasteiger partial charge in [0.25, 0.3) is 0 Å². The van der Waals surface area contributed by atoms with E-state index in [0.717, 1.165) is 0 Å². The lowest BCUT2D eigenvalue weighted by Crippen LogP contribution is -2.41. The highest BCUT2D eigenvalue weighted by atomic mass is 15.1. The van der Waals surface area contributed by atoms with Crippen LogP contribution in [0.1, 0.15) is 27.2 Å². The minimum atomic E-state index is 0.618. The molecule has 0 aromatic heterocycles. The summed E-state index contributed by atoms with van der Waals surface area (Å²) in [5.74, 6) is 0. The Kier molecular flexibility index (Phi) is 2.69. The molecule has 0 radical (unpaired) electrons. The fourth-order valence-corrected chi connectivity index (χ4v) is 1.51. The predicted octanol–water partition coefficient (Wildman–Crippen LogP) is 0.735. The Bertz CT molecular complexity index is 101. The highest BCUT2D eigenvalue weighted by Gasteiger charge is 2.22. The summed E-state index contributed by atoms with van der Waals surface area (Å²) in [5, 5.41) is 6.94. The van der Waals surface area contributed by atoms with Gasteiger partial charge in [0.05, 0.1) is 0 Å². The summed E-state index contributed by atoms with van der Waals surface area (Å²) in [4.78, 5) is 0. The lowest BCUT2D eigenvalue weighted by molar-refractivity contribution is 0.433. The van der Waals surface area contributed by atoms with Crippen LogP contribution in [0.25, 0.3) is 0 Å². The van der Waals surface area contributed by atoms with Crippen molar-refractivity contribution >= 4 is 0 Å². The summed E-state index contributed by atoms with van der Waals surface area (Å²) in [7, 11) is 0. The molecule has 10 heavy (non-hydrogen) atoms. The maximum atomic E-state index is 3.53. The third kappa shape index (κ3) is 1.96. The lowest BCUT2D eigenvalue weighted by Gasteiger charge is -2.19. The van der Waals surface area contributed by atoms with Gasteiger partial charge in [0.2, 0.25) is 0 Å². The molecule has 0 spiro atoms. The van der Waals surface area contributed by atoms with Crippen molar-refractivity contribution in [2.24, 2.45) is 0 Å². The molecular weight excluding hydrogens is 124 g/mol. The standard InChI is InChI=1S/C8H18N2/c1-6(2)10-8-4-5-9-7(8)3/h6-10H,4-5H2,1-3H3/t7-,8+/m1/s1. The second-order valence-electron chi connectivity index (χ2n) is 3.46. The van der Waals surface area contributed by atoms with Crippen LogP contribution in [0, 0.1) is 0 Å². The third-order valence-corrected chi connectivity index (χ3v) is 2.07. The molecular formula is C8H18N2. The molecule has 2 heteroatoms. The molecule has 2 atom stereocenters. The zero-order chi connectivity index (χ0) is 7.56. The van der Waals surface area contributed by atoms with E-state index in [1.807, 2.05) is 0 Å². The van der Waals surface area contributed by atoms with E-state index in [1.54, 1.807) is 0 Å². The van der Waals surface area contributed by atoms with Gasteiger partial charge in [-0.15, -0.1) is 0 Å². The zero-order valence-corrected chi connectivity index (χ0v) is 7.15. The van der Waals surface area contributed by atoms with Crippen LogP contribution < -0.4 is 10.6 Å². The summed E-state index contributed by atoms with van der Waals surface area (Å²) in [6.07, 6.45) is 1.28.